The fourth-order valence-electron chi connectivity index (χ4n) is 3.68. The van der Waals surface area contributed by atoms with E-state index in [-0.39, 0.29) is 12.1 Å². The highest BCUT2D eigenvalue weighted by Gasteiger charge is 2.50. The Labute approximate surface area is 155 Å². The minimum absolute atomic E-state index is 0.0934. The second-order valence-electron chi connectivity index (χ2n) is 6.63. The quantitative estimate of drug-likeness (QED) is 0.802. The Morgan fingerprint density at radius 2 is 2.16 bits per heavy atom. The number of urea groups is 1. The minimum atomic E-state index is -0.783. The molecule has 0 unspecified atom stereocenters. The summed E-state index contributed by atoms with van der Waals surface area (Å²) in [6.45, 7) is 3.95. The van der Waals surface area contributed by atoms with Gasteiger partial charge < -0.3 is 14.8 Å². The summed E-state index contributed by atoms with van der Waals surface area (Å²) in [7, 11) is 1.63. The SMILES string of the molecule is COc1cccc2c1O[C@]1(C)C[C@H]2NC(=O)N1c1ccc(Br)c(C)c1. The minimum Gasteiger partial charge on any atom is -0.493 e. The van der Waals surface area contributed by atoms with Crippen molar-refractivity contribution >= 4 is 27.6 Å². The standard InChI is InChI=1S/C19H19BrN2O3/c1-11-9-12(7-8-14(11)20)22-18(23)21-15-10-19(22,2)25-17-13(15)5-4-6-16(17)24-3/h4-9,15H,10H2,1-3H3,(H,21,23)/t15-,19-/m1/s1. The van der Waals surface area contributed by atoms with Crippen molar-refractivity contribution in [3.63, 3.8) is 0 Å². The highest BCUT2D eigenvalue weighted by molar-refractivity contribution is 9.10. The molecule has 2 aliphatic heterocycles. The molecule has 0 radical (unpaired) electrons. The molecule has 0 spiro atoms. The highest BCUT2D eigenvalue weighted by atomic mass is 79.9. The lowest BCUT2D eigenvalue weighted by atomic mass is 9.90. The number of rotatable bonds is 2. The van der Waals surface area contributed by atoms with E-state index in [0.29, 0.717) is 17.9 Å². The van der Waals surface area contributed by atoms with Crippen molar-refractivity contribution in [3.05, 3.63) is 52.0 Å². The predicted octanol–water partition coefficient (Wildman–Crippen LogP) is 4.54. The summed E-state index contributed by atoms with van der Waals surface area (Å²) in [6.07, 6.45) is 0.661. The monoisotopic (exact) mass is 402 g/mol. The van der Waals surface area contributed by atoms with Crippen molar-refractivity contribution < 1.29 is 14.3 Å². The van der Waals surface area contributed by atoms with Crippen LogP contribution in [0.5, 0.6) is 11.5 Å². The van der Waals surface area contributed by atoms with Gasteiger partial charge in [0, 0.05) is 22.1 Å². The summed E-state index contributed by atoms with van der Waals surface area (Å²) in [5, 5.41) is 3.10. The van der Waals surface area contributed by atoms with Crippen molar-refractivity contribution in [3.8, 4) is 11.5 Å². The lowest BCUT2D eigenvalue weighted by Gasteiger charge is -2.50. The van der Waals surface area contributed by atoms with Crippen molar-refractivity contribution in [2.45, 2.75) is 32.0 Å². The van der Waals surface area contributed by atoms with Gasteiger partial charge in [-0.15, -0.1) is 0 Å². The number of nitrogens with one attached hydrogen (secondary N) is 1. The molecular weight excluding hydrogens is 384 g/mol. The van der Waals surface area contributed by atoms with Gasteiger partial charge in [-0.2, -0.15) is 0 Å². The van der Waals surface area contributed by atoms with E-state index in [1.54, 1.807) is 12.0 Å². The van der Waals surface area contributed by atoms with E-state index < -0.39 is 5.72 Å². The van der Waals surface area contributed by atoms with Gasteiger partial charge >= 0.3 is 6.03 Å². The third-order valence-electron chi connectivity index (χ3n) is 4.88. The third-order valence-corrected chi connectivity index (χ3v) is 5.77. The largest absolute Gasteiger partial charge is 0.493 e. The first-order valence-corrected chi connectivity index (χ1v) is 8.95. The lowest BCUT2D eigenvalue weighted by molar-refractivity contribution is 0.0349. The van der Waals surface area contributed by atoms with Crippen LogP contribution in [0.1, 0.15) is 30.5 Å². The molecule has 1 saturated heterocycles. The van der Waals surface area contributed by atoms with Crippen molar-refractivity contribution in [1.82, 2.24) is 5.32 Å². The second-order valence-corrected chi connectivity index (χ2v) is 7.49. The maximum absolute atomic E-state index is 12.9. The third kappa shape index (κ3) is 2.47. The molecule has 130 valence electrons. The average Bonchev–Trinajstić information content (AvgIpc) is 2.57. The lowest BCUT2D eigenvalue weighted by Crippen LogP contribution is -2.65. The maximum Gasteiger partial charge on any atom is 0.325 e. The molecule has 2 atom stereocenters. The van der Waals surface area contributed by atoms with Crippen molar-refractivity contribution in [2.24, 2.45) is 0 Å². The van der Waals surface area contributed by atoms with Crippen LogP contribution < -0.4 is 19.7 Å². The Morgan fingerprint density at radius 1 is 1.36 bits per heavy atom. The molecule has 0 aromatic heterocycles. The number of hydrogen-bond donors (Lipinski definition) is 1. The van der Waals surface area contributed by atoms with Crippen LogP contribution in [0.25, 0.3) is 0 Å². The molecule has 2 aliphatic rings. The second kappa shape index (κ2) is 5.66. The molecule has 4 rings (SSSR count). The molecule has 1 N–H and O–H groups in total. The molecular formula is C19H19BrN2O3. The van der Waals surface area contributed by atoms with E-state index in [2.05, 4.69) is 21.2 Å². The van der Waals surface area contributed by atoms with Gasteiger partial charge in [-0.25, -0.2) is 4.79 Å². The molecule has 1 fully saturated rings. The topological polar surface area (TPSA) is 50.8 Å². The Balaban J connectivity index is 1.82. The van der Waals surface area contributed by atoms with Crippen LogP contribution in [-0.4, -0.2) is 18.9 Å². The zero-order chi connectivity index (χ0) is 17.8. The Bertz CT molecular complexity index is 870. The number of hydrogen-bond acceptors (Lipinski definition) is 3. The van der Waals surface area contributed by atoms with Gasteiger partial charge in [0.2, 0.25) is 0 Å². The number of carbonyl (C=O) groups excluding carboxylic acids is 1. The van der Waals surface area contributed by atoms with Crippen LogP contribution in [0.4, 0.5) is 10.5 Å². The molecule has 2 bridgehead atoms. The number of halogens is 1. The number of nitrogens with zero attached hydrogens (tertiary/aromatic N) is 1. The smallest absolute Gasteiger partial charge is 0.325 e. The van der Waals surface area contributed by atoms with Crippen LogP contribution >= 0.6 is 15.9 Å². The van der Waals surface area contributed by atoms with E-state index in [9.17, 15) is 4.79 Å². The molecule has 2 aromatic carbocycles. The average molecular weight is 403 g/mol. The fourth-order valence-corrected chi connectivity index (χ4v) is 3.93. The van der Waals surface area contributed by atoms with Crippen LogP contribution in [0.2, 0.25) is 0 Å². The van der Waals surface area contributed by atoms with E-state index >= 15 is 0 Å². The van der Waals surface area contributed by atoms with E-state index in [0.717, 1.165) is 21.3 Å². The van der Waals surface area contributed by atoms with Gasteiger partial charge in [-0.05, 0) is 43.7 Å². The number of benzene rings is 2. The first kappa shape index (κ1) is 16.3. The van der Waals surface area contributed by atoms with Crippen LogP contribution in [0.15, 0.2) is 40.9 Å². The van der Waals surface area contributed by atoms with Gasteiger partial charge in [-0.3, -0.25) is 4.90 Å². The van der Waals surface area contributed by atoms with Gasteiger partial charge in [-0.1, -0.05) is 28.1 Å². The molecule has 5 nitrogen and oxygen atoms in total. The number of aryl methyl sites for hydroxylation is 1. The van der Waals surface area contributed by atoms with Crippen molar-refractivity contribution in [2.75, 3.05) is 12.0 Å². The number of ether oxygens (including phenoxy) is 2. The van der Waals surface area contributed by atoms with E-state index in [4.69, 9.17) is 9.47 Å². The highest BCUT2D eigenvalue weighted by Crippen LogP contribution is 2.49. The zero-order valence-electron chi connectivity index (χ0n) is 14.3. The molecule has 0 saturated carbocycles. The number of methoxy groups -OCH3 is 1. The Morgan fingerprint density at radius 3 is 2.88 bits per heavy atom. The number of para-hydroxylation sites is 1. The molecule has 2 heterocycles. The van der Waals surface area contributed by atoms with E-state index in [1.807, 2.05) is 50.2 Å². The van der Waals surface area contributed by atoms with Gasteiger partial charge in [0.1, 0.15) is 0 Å². The zero-order valence-corrected chi connectivity index (χ0v) is 15.9. The molecule has 0 aliphatic carbocycles. The molecule has 6 heteroatoms. The Hall–Kier alpha value is -2.21. The van der Waals surface area contributed by atoms with Crippen LogP contribution in [-0.2, 0) is 0 Å². The number of amides is 2. The van der Waals surface area contributed by atoms with Gasteiger partial charge in [0.15, 0.2) is 17.2 Å². The summed E-state index contributed by atoms with van der Waals surface area (Å²) in [5.74, 6) is 1.37. The summed E-state index contributed by atoms with van der Waals surface area (Å²) in [4.78, 5) is 14.6. The number of fused-ring (bicyclic) bond motifs is 4. The molecule has 25 heavy (non-hydrogen) atoms. The fraction of sp³-hybridized carbons (Fsp3) is 0.316. The van der Waals surface area contributed by atoms with Crippen molar-refractivity contribution in [1.29, 1.82) is 0 Å². The number of carbonyl (C=O) groups is 1. The van der Waals surface area contributed by atoms with E-state index in [1.165, 1.54) is 0 Å². The number of anilines is 1. The van der Waals surface area contributed by atoms with Crippen LogP contribution in [0.3, 0.4) is 0 Å². The normalized spacial score (nSPS) is 24.2. The van der Waals surface area contributed by atoms with Crippen LogP contribution in [0, 0.1) is 6.92 Å². The summed E-state index contributed by atoms with van der Waals surface area (Å²) >= 11 is 3.51. The van der Waals surface area contributed by atoms with Gasteiger partial charge in [0.25, 0.3) is 0 Å². The van der Waals surface area contributed by atoms with Gasteiger partial charge in [0.05, 0.1) is 13.2 Å². The predicted molar refractivity (Wildman–Crippen MR) is 99.3 cm³/mol. The first-order chi connectivity index (χ1) is 11.9. The summed E-state index contributed by atoms with van der Waals surface area (Å²) in [5.41, 5.74) is 2.04. The Kier molecular flexibility index (Phi) is 3.68. The summed E-state index contributed by atoms with van der Waals surface area (Å²) in [6, 6.07) is 11.4. The molecule has 2 aromatic rings. The maximum atomic E-state index is 12.9. The first-order valence-electron chi connectivity index (χ1n) is 8.16. The molecule has 2 amide bonds. The summed E-state index contributed by atoms with van der Waals surface area (Å²) < 4.78 is 12.8.